The van der Waals surface area contributed by atoms with Gasteiger partial charge in [-0.3, -0.25) is 24.4 Å². The summed E-state index contributed by atoms with van der Waals surface area (Å²) in [6.07, 6.45) is 3.93. The molecule has 3 aromatic rings. The third-order valence-corrected chi connectivity index (χ3v) is 6.36. The first-order chi connectivity index (χ1) is 15.1. The number of fused-ring (bicyclic) bond motifs is 1. The van der Waals surface area contributed by atoms with E-state index >= 15 is 0 Å². The van der Waals surface area contributed by atoms with Gasteiger partial charge in [-0.1, -0.05) is 18.2 Å². The van der Waals surface area contributed by atoms with E-state index < -0.39 is 4.92 Å². The largest absolute Gasteiger partial charge is 0.381 e. The van der Waals surface area contributed by atoms with E-state index in [1.165, 1.54) is 12.1 Å². The van der Waals surface area contributed by atoms with Crippen molar-refractivity contribution in [2.24, 2.45) is 0 Å². The molecule has 31 heavy (non-hydrogen) atoms. The van der Waals surface area contributed by atoms with Gasteiger partial charge in [0, 0.05) is 31.4 Å². The predicted octanol–water partition coefficient (Wildman–Crippen LogP) is 3.61. The van der Waals surface area contributed by atoms with E-state index in [4.69, 9.17) is 9.72 Å². The second kappa shape index (κ2) is 8.20. The van der Waals surface area contributed by atoms with Crippen molar-refractivity contribution in [1.82, 2.24) is 14.5 Å². The van der Waals surface area contributed by atoms with Gasteiger partial charge in [-0.2, -0.15) is 0 Å². The molecule has 0 radical (unpaired) electrons. The van der Waals surface area contributed by atoms with Crippen molar-refractivity contribution in [3.8, 4) is 5.69 Å². The van der Waals surface area contributed by atoms with Gasteiger partial charge < -0.3 is 4.74 Å². The molecule has 1 atom stereocenters. The third-order valence-electron chi connectivity index (χ3n) is 6.36. The Hall–Kier alpha value is -3.10. The maximum atomic E-state index is 13.6. The highest BCUT2D eigenvalue weighted by molar-refractivity contribution is 5.80. The summed E-state index contributed by atoms with van der Waals surface area (Å²) in [6.45, 7) is 2.49. The van der Waals surface area contributed by atoms with E-state index in [1.54, 1.807) is 10.6 Å². The van der Waals surface area contributed by atoms with Crippen molar-refractivity contribution < 1.29 is 9.66 Å². The van der Waals surface area contributed by atoms with Crippen LogP contribution in [-0.4, -0.2) is 45.2 Å². The Bertz CT molecular complexity index is 1170. The molecule has 0 spiro atoms. The van der Waals surface area contributed by atoms with E-state index in [1.807, 2.05) is 30.3 Å². The number of benzene rings is 2. The van der Waals surface area contributed by atoms with Crippen LogP contribution in [0.15, 0.2) is 53.3 Å². The number of nitro benzene ring substituents is 1. The molecular formula is C23H24N4O4. The summed E-state index contributed by atoms with van der Waals surface area (Å²) in [4.78, 5) is 31.8. The Kier molecular flexibility index (Phi) is 5.25. The molecule has 0 aliphatic carbocycles. The smallest absolute Gasteiger partial charge is 0.270 e. The fraction of sp³-hybridized carbons (Fsp3) is 0.391. The third kappa shape index (κ3) is 3.62. The minimum atomic E-state index is -0.483. The van der Waals surface area contributed by atoms with Crippen LogP contribution < -0.4 is 5.56 Å². The van der Waals surface area contributed by atoms with Gasteiger partial charge in [0.25, 0.3) is 11.2 Å². The molecule has 2 aliphatic rings. The molecule has 0 bridgehead atoms. The van der Waals surface area contributed by atoms with Gasteiger partial charge >= 0.3 is 0 Å². The van der Waals surface area contributed by atoms with E-state index in [0.29, 0.717) is 17.4 Å². The van der Waals surface area contributed by atoms with Crippen LogP contribution in [0.25, 0.3) is 16.6 Å². The molecule has 2 aliphatic heterocycles. The molecule has 0 saturated carbocycles. The molecule has 1 aromatic heterocycles. The number of non-ortho nitro benzene ring substituents is 1. The van der Waals surface area contributed by atoms with Gasteiger partial charge in [-0.05, 0) is 50.4 Å². The first-order valence-electron chi connectivity index (χ1n) is 10.7. The van der Waals surface area contributed by atoms with Crippen LogP contribution in [0, 0.1) is 10.1 Å². The predicted molar refractivity (Wildman–Crippen MR) is 117 cm³/mol. The topological polar surface area (TPSA) is 90.5 Å². The first-order valence-corrected chi connectivity index (χ1v) is 10.7. The highest BCUT2D eigenvalue weighted by Crippen LogP contribution is 2.36. The fourth-order valence-corrected chi connectivity index (χ4v) is 4.87. The van der Waals surface area contributed by atoms with Crippen LogP contribution in [0.4, 0.5) is 5.69 Å². The van der Waals surface area contributed by atoms with Crippen LogP contribution in [0.5, 0.6) is 0 Å². The molecule has 2 aromatic carbocycles. The highest BCUT2D eigenvalue weighted by Gasteiger charge is 2.36. The van der Waals surface area contributed by atoms with Gasteiger partial charge in [0.05, 0.1) is 27.6 Å². The molecule has 160 valence electrons. The Morgan fingerprint density at radius 2 is 1.84 bits per heavy atom. The zero-order valence-electron chi connectivity index (χ0n) is 17.1. The lowest BCUT2D eigenvalue weighted by Crippen LogP contribution is -2.40. The number of nitrogens with zero attached hydrogens (tertiary/aromatic N) is 4. The number of rotatable bonds is 4. The van der Waals surface area contributed by atoms with Crippen molar-refractivity contribution >= 4 is 16.6 Å². The van der Waals surface area contributed by atoms with Crippen molar-refractivity contribution in [3.63, 3.8) is 0 Å². The summed E-state index contributed by atoms with van der Waals surface area (Å²) >= 11 is 0. The summed E-state index contributed by atoms with van der Waals surface area (Å²) in [5, 5.41) is 11.5. The molecular weight excluding hydrogens is 396 g/mol. The summed E-state index contributed by atoms with van der Waals surface area (Å²) in [6, 6.07) is 14.2. The minimum absolute atomic E-state index is 0.0237. The monoisotopic (exact) mass is 420 g/mol. The molecule has 2 saturated heterocycles. The number of nitro groups is 1. The van der Waals surface area contributed by atoms with Gasteiger partial charge in [0.1, 0.15) is 5.82 Å². The lowest BCUT2D eigenvalue weighted by Gasteiger charge is -2.35. The molecule has 3 heterocycles. The van der Waals surface area contributed by atoms with Gasteiger partial charge in [-0.25, -0.2) is 4.98 Å². The zero-order chi connectivity index (χ0) is 21.4. The van der Waals surface area contributed by atoms with Crippen LogP contribution in [-0.2, 0) is 4.74 Å². The molecule has 0 N–H and O–H groups in total. The number of hydrogen-bond acceptors (Lipinski definition) is 6. The zero-order valence-corrected chi connectivity index (χ0v) is 17.1. The van der Waals surface area contributed by atoms with Gasteiger partial charge in [0.2, 0.25) is 0 Å². The lowest BCUT2D eigenvalue weighted by molar-refractivity contribution is -0.384. The van der Waals surface area contributed by atoms with Crippen molar-refractivity contribution in [2.75, 3.05) is 19.8 Å². The van der Waals surface area contributed by atoms with E-state index in [0.717, 1.165) is 51.1 Å². The second-order valence-electron chi connectivity index (χ2n) is 8.14. The summed E-state index contributed by atoms with van der Waals surface area (Å²) in [5.74, 6) is 0.710. The lowest BCUT2D eigenvalue weighted by atomic mass is 10.0. The number of aromatic nitrogens is 2. The Balaban J connectivity index is 1.70. The molecule has 0 amide bonds. The van der Waals surface area contributed by atoms with Crippen LogP contribution in [0.2, 0.25) is 0 Å². The first kappa shape index (κ1) is 19.8. The second-order valence-corrected chi connectivity index (χ2v) is 8.14. The molecule has 8 heteroatoms. The maximum absolute atomic E-state index is 13.6. The highest BCUT2D eigenvalue weighted by atomic mass is 16.6. The normalized spacial score (nSPS) is 20.3. The van der Waals surface area contributed by atoms with Crippen LogP contribution in [0.1, 0.15) is 37.5 Å². The molecule has 1 unspecified atom stereocenters. The number of hydrogen-bond donors (Lipinski definition) is 0. The van der Waals surface area contributed by atoms with E-state index in [-0.39, 0.29) is 22.7 Å². The number of para-hydroxylation sites is 1. The maximum Gasteiger partial charge on any atom is 0.270 e. The Labute approximate surface area is 179 Å². The fourth-order valence-electron chi connectivity index (χ4n) is 4.87. The average Bonchev–Trinajstić information content (AvgIpc) is 3.30. The Morgan fingerprint density at radius 3 is 2.58 bits per heavy atom. The number of likely N-dealkylation sites (tertiary alicyclic amines) is 1. The minimum Gasteiger partial charge on any atom is -0.381 e. The summed E-state index contributed by atoms with van der Waals surface area (Å²) < 4.78 is 7.20. The summed E-state index contributed by atoms with van der Waals surface area (Å²) in [5.41, 5.74) is 0.844. The van der Waals surface area contributed by atoms with E-state index in [2.05, 4.69) is 4.90 Å². The van der Waals surface area contributed by atoms with Crippen molar-refractivity contribution in [3.05, 3.63) is 74.8 Å². The average molecular weight is 420 g/mol. The molecule has 8 nitrogen and oxygen atoms in total. The summed E-state index contributed by atoms with van der Waals surface area (Å²) in [7, 11) is 0. The van der Waals surface area contributed by atoms with Crippen molar-refractivity contribution in [2.45, 2.75) is 37.8 Å². The van der Waals surface area contributed by atoms with E-state index in [9.17, 15) is 14.9 Å². The number of ether oxygens (including phenoxy) is 1. The van der Waals surface area contributed by atoms with Crippen LogP contribution in [0.3, 0.4) is 0 Å². The van der Waals surface area contributed by atoms with Crippen molar-refractivity contribution in [1.29, 1.82) is 0 Å². The molecule has 5 rings (SSSR count). The van der Waals surface area contributed by atoms with Crippen LogP contribution >= 0.6 is 0 Å². The van der Waals surface area contributed by atoms with Gasteiger partial charge in [-0.15, -0.1) is 0 Å². The quantitative estimate of drug-likeness (QED) is 0.473. The Morgan fingerprint density at radius 1 is 1.06 bits per heavy atom. The standard InChI is InChI=1S/C23H24N4O4/c28-23-19-15-18(27(29)30)8-9-20(19)24-22(26(23)17-5-2-1-3-6-17)21-7-4-12-25(21)16-10-13-31-14-11-16/h1-3,5-6,8-9,15-16,21H,4,7,10-14H2. The SMILES string of the molecule is O=c1c2cc([N+](=O)[O-])ccc2nc(C2CCCN2C2CCOCC2)n1-c1ccccc1. The molecule has 2 fully saturated rings. The van der Waals surface area contributed by atoms with Gasteiger partial charge in [0.15, 0.2) is 0 Å².